The van der Waals surface area contributed by atoms with Crippen LogP contribution < -0.4 is 0 Å². The molecule has 0 saturated heterocycles. The molecule has 0 bridgehead atoms. The lowest BCUT2D eigenvalue weighted by molar-refractivity contribution is 0.155. The van der Waals surface area contributed by atoms with Gasteiger partial charge in [-0.15, -0.1) is 0 Å². The number of hydrogen-bond donors (Lipinski definition) is 1. The van der Waals surface area contributed by atoms with Gasteiger partial charge in [-0.3, -0.25) is 0 Å². The molecular weight excluding hydrogens is 294 g/mol. The van der Waals surface area contributed by atoms with Crippen LogP contribution in [0.1, 0.15) is 32.8 Å². The quantitative estimate of drug-likeness (QED) is 0.826. The number of aliphatic hydroxyl groups excluding tert-OH is 1. The van der Waals surface area contributed by atoms with Gasteiger partial charge in [0, 0.05) is 4.47 Å². The second-order valence-corrected chi connectivity index (χ2v) is 5.89. The summed E-state index contributed by atoms with van der Waals surface area (Å²) in [6, 6.07) is 3.43. The van der Waals surface area contributed by atoms with Crippen molar-refractivity contribution in [2.75, 3.05) is 0 Å². The van der Waals surface area contributed by atoms with E-state index in [1.54, 1.807) is 19.1 Å². The Kier molecular flexibility index (Phi) is 4.38. The second kappa shape index (κ2) is 5.03. The molecule has 16 heavy (non-hydrogen) atoms. The zero-order valence-electron chi connectivity index (χ0n) is 9.52. The van der Waals surface area contributed by atoms with Crippen molar-refractivity contribution in [2.45, 2.75) is 38.7 Å². The van der Waals surface area contributed by atoms with Gasteiger partial charge in [-0.05, 0) is 46.3 Å². The predicted octanol–water partition coefficient (Wildman–Crippen LogP) is 4.29. The number of benzene rings is 1. The highest BCUT2D eigenvalue weighted by Gasteiger charge is 2.27. The van der Waals surface area contributed by atoms with Gasteiger partial charge in [0.1, 0.15) is 5.82 Å². The zero-order chi connectivity index (χ0) is 12.5. The molecule has 0 saturated carbocycles. The zero-order valence-corrected chi connectivity index (χ0v) is 11.9. The molecule has 4 heteroatoms. The van der Waals surface area contributed by atoms with Crippen molar-refractivity contribution in [1.82, 2.24) is 0 Å². The first-order chi connectivity index (χ1) is 7.25. The third kappa shape index (κ3) is 2.96. The molecule has 1 nitrogen and oxygen atoms in total. The van der Waals surface area contributed by atoms with E-state index >= 15 is 0 Å². The summed E-state index contributed by atoms with van der Waals surface area (Å²) in [5.41, 5.74) is 0.0874. The Labute approximate surface area is 109 Å². The van der Waals surface area contributed by atoms with Crippen LogP contribution in [-0.2, 0) is 5.41 Å². The first kappa shape index (κ1) is 13.9. The van der Waals surface area contributed by atoms with Crippen LogP contribution in [0.5, 0.6) is 0 Å². The Balaban J connectivity index is 3.18. The summed E-state index contributed by atoms with van der Waals surface area (Å²) in [4.78, 5) is 0. The van der Waals surface area contributed by atoms with Gasteiger partial charge in [0.25, 0.3) is 0 Å². The van der Waals surface area contributed by atoms with Crippen LogP contribution in [-0.4, -0.2) is 11.2 Å². The van der Waals surface area contributed by atoms with Crippen molar-refractivity contribution < 1.29 is 9.50 Å². The molecule has 0 radical (unpaired) electrons. The molecule has 1 unspecified atom stereocenters. The highest BCUT2D eigenvalue weighted by atomic mass is 79.9. The summed E-state index contributed by atoms with van der Waals surface area (Å²) in [5.74, 6) is -0.415. The number of aliphatic hydroxyl groups is 1. The van der Waals surface area contributed by atoms with Gasteiger partial charge in [0.2, 0.25) is 0 Å². The van der Waals surface area contributed by atoms with Gasteiger partial charge in [-0.2, -0.15) is 0 Å². The summed E-state index contributed by atoms with van der Waals surface area (Å²) in [5, 5.41) is 9.49. The van der Waals surface area contributed by atoms with Crippen LogP contribution in [0, 0.1) is 5.82 Å². The number of halogens is 3. The van der Waals surface area contributed by atoms with Gasteiger partial charge >= 0.3 is 0 Å². The molecule has 0 amide bonds. The van der Waals surface area contributed by atoms with Crippen LogP contribution in [0.15, 0.2) is 16.6 Å². The Morgan fingerprint density at radius 3 is 2.56 bits per heavy atom. The van der Waals surface area contributed by atoms with Crippen molar-refractivity contribution >= 4 is 27.5 Å². The SMILES string of the molecule is CC(O)CC(C)(C)c1ccc(Br)c(Cl)c1F. The third-order valence-electron chi connectivity index (χ3n) is 2.57. The molecule has 0 aliphatic carbocycles. The molecule has 0 spiro atoms. The fourth-order valence-electron chi connectivity index (χ4n) is 1.90. The van der Waals surface area contributed by atoms with Crippen molar-refractivity contribution in [3.05, 3.63) is 33.0 Å². The molecule has 0 aliphatic heterocycles. The van der Waals surface area contributed by atoms with Crippen molar-refractivity contribution in [3.63, 3.8) is 0 Å². The topological polar surface area (TPSA) is 20.2 Å². The van der Waals surface area contributed by atoms with Gasteiger partial charge in [0.05, 0.1) is 11.1 Å². The Morgan fingerprint density at radius 2 is 2.06 bits per heavy atom. The van der Waals surface area contributed by atoms with Gasteiger partial charge in [0.15, 0.2) is 0 Å². The van der Waals surface area contributed by atoms with E-state index in [2.05, 4.69) is 15.9 Å². The lowest BCUT2D eigenvalue weighted by Crippen LogP contribution is -2.24. The largest absolute Gasteiger partial charge is 0.393 e. The predicted molar refractivity (Wildman–Crippen MR) is 68.4 cm³/mol. The Hall–Kier alpha value is -0.120. The highest BCUT2D eigenvalue weighted by molar-refractivity contribution is 9.10. The van der Waals surface area contributed by atoms with Gasteiger partial charge in [-0.25, -0.2) is 4.39 Å². The van der Waals surface area contributed by atoms with Crippen LogP contribution >= 0.6 is 27.5 Å². The molecule has 0 fully saturated rings. The summed E-state index contributed by atoms with van der Waals surface area (Å²) >= 11 is 9.02. The standard InChI is InChI=1S/C12H15BrClFO/c1-7(16)6-12(2,3)8-4-5-9(13)10(14)11(8)15/h4-5,7,16H,6H2,1-3H3. The van der Waals surface area contributed by atoms with E-state index in [1.165, 1.54) is 0 Å². The second-order valence-electron chi connectivity index (χ2n) is 4.66. The highest BCUT2D eigenvalue weighted by Crippen LogP contribution is 2.36. The first-order valence-corrected chi connectivity index (χ1v) is 6.25. The van der Waals surface area contributed by atoms with Gasteiger partial charge < -0.3 is 5.11 Å². The lowest BCUT2D eigenvalue weighted by atomic mass is 9.79. The smallest absolute Gasteiger partial charge is 0.146 e. The van der Waals surface area contributed by atoms with Gasteiger partial charge in [-0.1, -0.05) is 31.5 Å². The molecule has 1 atom stereocenters. The minimum absolute atomic E-state index is 0.0937. The molecule has 1 aromatic carbocycles. The molecule has 0 aromatic heterocycles. The van der Waals surface area contributed by atoms with Crippen LogP contribution in [0.2, 0.25) is 5.02 Å². The average Bonchev–Trinajstić information content (AvgIpc) is 2.11. The lowest BCUT2D eigenvalue weighted by Gasteiger charge is -2.27. The molecule has 1 aromatic rings. The molecule has 90 valence electrons. The van der Waals surface area contributed by atoms with Crippen molar-refractivity contribution in [2.24, 2.45) is 0 Å². The molecule has 0 heterocycles. The minimum atomic E-state index is -0.475. The van der Waals surface area contributed by atoms with E-state index in [-0.39, 0.29) is 5.02 Å². The summed E-state index contributed by atoms with van der Waals surface area (Å²) < 4.78 is 14.5. The Morgan fingerprint density at radius 1 is 1.50 bits per heavy atom. The molecule has 0 aliphatic rings. The van der Waals surface area contributed by atoms with E-state index in [0.717, 1.165) is 0 Å². The maximum absolute atomic E-state index is 14.0. The molecular formula is C12H15BrClFO. The third-order valence-corrected chi connectivity index (χ3v) is 3.83. The minimum Gasteiger partial charge on any atom is -0.393 e. The van der Waals surface area contributed by atoms with Crippen molar-refractivity contribution in [3.8, 4) is 0 Å². The van der Waals surface area contributed by atoms with Crippen molar-refractivity contribution in [1.29, 1.82) is 0 Å². The fraction of sp³-hybridized carbons (Fsp3) is 0.500. The van der Waals surface area contributed by atoms with Crippen LogP contribution in [0.3, 0.4) is 0 Å². The summed E-state index contributed by atoms with van der Waals surface area (Å²) in [7, 11) is 0. The van der Waals surface area contributed by atoms with E-state index in [0.29, 0.717) is 16.5 Å². The average molecular weight is 310 g/mol. The molecule has 1 rings (SSSR count). The van der Waals surface area contributed by atoms with Crippen LogP contribution in [0.25, 0.3) is 0 Å². The maximum atomic E-state index is 14.0. The number of hydrogen-bond acceptors (Lipinski definition) is 1. The molecule has 1 N–H and O–H groups in total. The maximum Gasteiger partial charge on any atom is 0.146 e. The summed E-state index contributed by atoms with van der Waals surface area (Å²) in [6.45, 7) is 5.48. The van der Waals surface area contributed by atoms with E-state index < -0.39 is 17.3 Å². The normalized spacial score (nSPS) is 13.9. The van der Waals surface area contributed by atoms with E-state index in [4.69, 9.17) is 11.6 Å². The fourth-order valence-corrected chi connectivity index (χ4v) is 2.37. The first-order valence-electron chi connectivity index (χ1n) is 5.07. The van der Waals surface area contributed by atoms with E-state index in [9.17, 15) is 9.50 Å². The monoisotopic (exact) mass is 308 g/mol. The Bertz CT molecular complexity index is 391. The summed E-state index contributed by atoms with van der Waals surface area (Å²) in [6.07, 6.45) is 0.0128. The number of rotatable bonds is 3. The van der Waals surface area contributed by atoms with E-state index in [1.807, 2.05) is 13.8 Å². The van der Waals surface area contributed by atoms with Crippen LogP contribution in [0.4, 0.5) is 4.39 Å².